The molecule has 0 saturated carbocycles. The first kappa shape index (κ1) is 20.3. The summed E-state index contributed by atoms with van der Waals surface area (Å²) in [6.45, 7) is 1.74. The van der Waals surface area contributed by atoms with Crippen LogP contribution in [0.5, 0.6) is 5.75 Å². The van der Waals surface area contributed by atoms with Crippen molar-refractivity contribution in [2.24, 2.45) is 0 Å². The minimum absolute atomic E-state index is 0.146. The van der Waals surface area contributed by atoms with Crippen LogP contribution in [0.3, 0.4) is 0 Å². The number of halogens is 1. The quantitative estimate of drug-likeness (QED) is 0.655. The molecule has 0 spiro atoms. The Morgan fingerprint density at radius 2 is 1.70 bits per heavy atom. The second-order valence-corrected chi connectivity index (χ2v) is 9.22. The highest BCUT2D eigenvalue weighted by Gasteiger charge is 2.37. The van der Waals surface area contributed by atoms with E-state index in [-0.39, 0.29) is 11.4 Å². The molecule has 30 heavy (non-hydrogen) atoms. The van der Waals surface area contributed by atoms with Crippen molar-refractivity contribution in [3.63, 3.8) is 0 Å². The maximum absolute atomic E-state index is 13.3. The summed E-state index contributed by atoms with van der Waals surface area (Å²) in [4.78, 5) is 13.0. The fraction of sp³-hybridized carbons (Fsp3) is 0.136. The summed E-state index contributed by atoms with van der Waals surface area (Å²) < 4.78 is 33.7. The summed E-state index contributed by atoms with van der Waals surface area (Å²) in [7, 11) is -3.88. The highest BCUT2D eigenvalue weighted by molar-refractivity contribution is 7.92. The van der Waals surface area contributed by atoms with Crippen molar-refractivity contribution < 1.29 is 17.9 Å². The number of fused-ring (bicyclic) bond motifs is 1. The Morgan fingerprint density at radius 3 is 2.40 bits per heavy atom. The number of sulfonamides is 1. The lowest BCUT2D eigenvalue weighted by molar-refractivity contribution is -0.122. The van der Waals surface area contributed by atoms with Gasteiger partial charge >= 0.3 is 0 Å². The number of ether oxygens (including phenoxy) is 1. The Hall–Kier alpha value is -3.03. The molecular formula is C22H19ClN2O4S. The van der Waals surface area contributed by atoms with E-state index < -0.39 is 22.0 Å². The van der Waals surface area contributed by atoms with Gasteiger partial charge in [0.25, 0.3) is 15.9 Å². The van der Waals surface area contributed by atoms with E-state index in [1.165, 1.54) is 4.31 Å². The maximum Gasteiger partial charge on any atom is 0.267 e. The Balaban J connectivity index is 1.66. The van der Waals surface area contributed by atoms with Crippen molar-refractivity contribution in [3.8, 4) is 5.75 Å². The molecule has 1 amide bonds. The lowest BCUT2D eigenvalue weighted by Crippen LogP contribution is -2.48. The summed E-state index contributed by atoms with van der Waals surface area (Å²) >= 11 is 5.88. The standard InChI is InChI=1S/C22H19ClN2O4S/c1-15-6-12-18(13-7-15)30(27,28)25-14-21(29-20-5-3-2-4-19(20)25)22(26)24-17-10-8-16(23)9-11-17/h2-13,21H,14H2,1H3,(H,24,26)/t21-/m1/s1. The topological polar surface area (TPSA) is 75.7 Å². The van der Waals surface area contributed by atoms with Crippen LogP contribution in [-0.2, 0) is 14.8 Å². The van der Waals surface area contributed by atoms with Crippen molar-refractivity contribution in [1.82, 2.24) is 0 Å². The number of benzene rings is 3. The van der Waals surface area contributed by atoms with Crippen molar-refractivity contribution in [1.29, 1.82) is 0 Å². The molecule has 3 aromatic carbocycles. The number of nitrogens with one attached hydrogen (secondary N) is 1. The summed E-state index contributed by atoms with van der Waals surface area (Å²) in [5, 5.41) is 3.29. The normalized spacial score (nSPS) is 15.8. The van der Waals surface area contributed by atoms with E-state index in [1.807, 2.05) is 6.92 Å². The van der Waals surface area contributed by atoms with Gasteiger partial charge in [-0.1, -0.05) is 41.4 Å². The molecule has 6 nitrogen and oxygen atoms in total. The predicted octanol–water partition coefficient (Wildman–Crippen LogP) is 4.24. The molecule has 1 N–H and O–H groups in total. The van der Waals surface area contributed by atoms with Gasteiger partial charge in [0, 0.05) is 10.7 Å². The zero-order valence-electron chi connectivity index (χ0n) is 16.1. The first-order valence-corrected chi connectivity index (χ1v) is 11.1. The predicted molar refractivity (Wildman–Crippen MR) is 117 cm³/mol. The number of amides is 1. The van der Waals surface area contributed by atoms with Crippen LogP contribution in [0.4, 0.5) is 11.4 Å². The number of nitrogens with zero attached hydrogens (tertiary/aromatic N) is 1. The molecule has 1 aliphatic rings. The van der Waals surface area contributed by atoms with E-state index in [0.29, 0.717) is 22.1 Å². The maximum atomic E-state index is 13.3. The monoisotopic (exact) mass is 442 g/mol. The van der Waals surface area contributed by atoms with E-state index in [2.05, 4.69) is 5.32 Å². The van der Waals surface area contributed by atoms with Crippen molar-refractivity contribution >= 4 is 38.9 Å². The van der Waals surface area contributed by atoms with Gasteiger partial charge in [-0.2, -0.15) is 0 Å². The molecule has 0 fully saturated rings. The minimum atomic E-state index is -3.88. The molecule has 0 unspecified atom stereocenters. The zero-order chi connectivity index (χ0) is 21.3. The average Bonchev–Trinajstić information content (AvgIpc) is 2.74. The second-order valence-electron chi connectivity index (χ2n) is 6.92. The Kier molecular flexibility index (Phi) is 5.40. The van der Waals surface area contributed by atoms with Crippen LogP contribution < -0.4 is 14.4 Å². The number of anilines is 2. The Morgan fingerprint density at radius 1 is 1.03 bits per heavy atom. The highest BCUT2D eigenvalue weighted by atomic mass is 35.5. The molecule has 0 radical (unpaired) electrons. The zero-order valence-corrected chi connectivity index (χ0v) is 17.7. The van der Waals surface area contributed by atoms with Gasteiger partial charge in [0.15, 0.2) is 6.10 Å². The SMILES string of the molecule is Cc1ccc(S(=O)(=O)N2C[C@H](C(=O)Nc3ccc(Cl)cc3)Oc3ccccc32)cc1. The molecule has 0 aliphatic carbocycles. The van der Waals surface area contributed by atoms with E-state index in [4.69, 9.17) is 16.3 Å². The third-order valence-corrected chi connectivity index (χ3v) is 6.79. The van der Waals surface area contributed by atoms with Crippen molar-refractivity contribution in [2.75, 3.05) is 16.2 Å². The van der Waals surface area contributed by atoms with E-state index in [1.54, 1.807) is 72.8 Å². The summed E-state index contributed by atoms with van der Waals surface area (Å²) in [5.41, 5.74) is 1.89. The van der Waals surface area contributed by atoms with Gasteiger partial charge < -0.3 is 10.1 Å². The van der Waals surface area contributed by atoms with E-state index in [0.717, 1.165) is 5.56 Å². The van der Waals surface area contributed by atoms with Crippen LogP contribution in [0.2, 0.25) is 5.02 Å². The van der Waals surface area contributed by atoms with E-state index in [9.17, 15) is 13.2 Å². The fourth-order valence-electron chi connectivity index (χ4n) is 3.16. The van der Waals surface area contributed by atoms with Gasteiger partial charge in [-0.15, -0.1) is 0 Å². The second kappa shape index (κ2) is 8.01. The summed E-state index contributed by atoms with van der Waals surface area (Å²) in [6.07, 6.45) is -1.02. The molecule has 0 saturated heterocycles. The molecule has 0 aromatic heterocycles. The molecule has 1 atom stereocenters. The first-order valence-electron chi connectivity index (χ1n) is 9.26. The summed E-state index contributed by atoms with van der Waals surface area (Å²) in [5.74, 6) is -0.119. The van der Waals surface area contributed by atoms with Crippen LogP contribution in [0.1, 0.15) is 5.56 Å². The number of carbonyl (C=O) groups excluding carboxylic acids is 1. The molecular weight excluding hydrogens is 424 g/mol. The van der Waals surface area contributed by atoms with Gasteiger partial charge in [-0.05, 0) is 55.5 Å². The number of carbonyl (C=O) groups is 1. The van der Waals surface area contributed by atoms with Gasteiger partial charge in [-0.3, -0.25) is 9.10 Å². The molecule has 1 aliphatic heterocycles. The largest absolute Gasteiger partial charge is 0.476 e. The number of hydrogen-bond donors (Lipinski definition) is 1. The number of para-hydroxylation sites is 2. The molecule has 3 aromatic rings. The first-order chi connectivity index (χ1) is 14.3. The lowest BCUT2D eigenvalue weighted by Gasteiger charge is -2.34. The van der Waals surface area contributed by atoms with Gasteiger partial charge in [-0.25, -0.2) is 8.42 Å². The molecule has 4 rings (SSSR count). The van der Waals surface area contributed by atoms with Crippen LogP contribution in [0.15, 0.2) is 77.7 Å². The van der Waals surface area contributed by atoms with Crippen LogP contribution in [-0.4, -0.2) is 27.0 Å². The third kappa shape index (κ3) is 3.99. The molecule has 154 valence electrons. The highest BCUT2D eigenvalue weighted by Crippen LogP contribution is 2.37. The van der Waals surface area contributed by atoms with Crippen molar-refractivity contribution in [2.45, 2.75) is 17.9 Å². The number of aryl methyl sites for hydroxylation is 1. The molecule has 1 heterocycles. The van der Waals surface area contributed by atoms with Crippen LogP contribution >= 0.6 is 11.6 Å². The summed E-state index contributed by atoms with van der Waals surface area (Å²) in [6, 6.07) is 20.0. The smallest absolute Gasteiger partial charge is 0.267 e. The fourth-order valence-corrected chi connectivity index (χ4v) is 4.76. The average molecular weight is 443 g/mol. The number of rotatable bonds is 4. The van der Waals surface area contributed by atoms with Gasteiger partial charge in [0.05, 0.1) is 17.1 Å². The Labute approximate surface area is 180 Å². The lowest BCUT2D eigenvalue weighted by atomic mass is 10.2. The molecule has 0 bridgehead atoms. The number of hydrogen-bond acceptors (Lipinski definition) is 4. The van der Waals surface area contributed by atoms with E-state index >= 15 is 0 Å². The van der Waals surface area contributed by atoms with Crippen molar-refractivity contribution in [3.05, 3.63) is 83.4 Å². The van der Waals surface area contributed by atoms with Gasteiger partial charge in [0.2, 0.25) is 0 Å². The minimum Gasteiger partial charge on any atom is -0.476 e. The van der Waals surface area contributed by atoms with Crippen LogP contribution in [0.25, 0.3) is 0 Å². The third-order valence-electron chi connectivity index (χ3n) is 4.75. The van der Waals surface area contributed by atoms with Gasteiger partial charge in [0.1, 0.15) is 5.75 Å². The molecule has 8 heteroatoms. The van der Waals surface area contributed by atoms with Crippen LogP contribution in [0, 0.1) is 6.92 Å². The Bertz CT molecular complexity index is 1180.